The molecule has 2 atom stereocenters. The average molecular weight is 287 g/mol. The monoisotopic (exact) mass is 287 g/mol. The first-order valence-corrected chi connectivity index (χ1v) is 6.07. The summed E-state index contributed by atoms with van der Waals surface area (Å²) >= 11 is 4.12. The standard InChI is InChI=1S/C12H11F2NO3S/c13-6-1-2-8(9(14)3-6)11(12(17)18)15-5-7(19)4-10(15)16/h1-3,7,11,19H,4-5H2,(H,17,18). The molecule has 1 saturated heterocycles. The summed E-state index contributed by atoms with van der Waals surface area (Å²) in [6.07, 6.45) is 0.107. The van der Waals surface area contributed by atoms with Crippen LogP contribution in [0.4, 0.5) is 8.78 Å². The van der Waals surface area contributed by atoms with Crippen molar-refractivity contribution >= 4 is 24.5 Å². The zero-order chi connectivity index (χ0) is 14.2. The molecule has 0 bridgehead atoms. The topological polar surface area (TPSA) is 57.6 Å². The summed E-state index contributed by atoms with van der Waals surface area (Å²) in [5.41, 5.74) is -0.232. The highest BCUT2D eigenvalue weighted by Crippen LogP contribution is 2.30. The second-order valence-corrected chi connectivity index (χ2v) is 5.04. The van der Waals surface area contributed by atoms with Gasteiger partial charge in [-0.25, -0.2) is 13.6 Å². The van der Waals surface area contributed by atoms with Crippen LogP contribution in [0.25, 0.3) is 0 Å². The van der Waals surface area contributed by atoms with E-state index in [1.807, 2.05) is 0 Å². The molecular weight excluding hydrogens is 276 g/mol. The molecule has 0 aromatic heterocycles. The first kappa shape index (κ1) is 13.8. The molecule has 102 valence electrons. The van der Waals surface area contributed by atoms with Crippen molar-refractivity contribution in [3.63, 3.8) is 0 Å². The van der Waals surface area contributed by atoms with E-state index in [-0.39, 0.29) is 23.8 Å². The normalized spacial score (nSPS) is 20.7. The number of hydrogen-bond acceptors (Lipinski definition) is 3. The van der Waals surface area contributed by atoms with Crippen LogP contribution in [0, 0.1) is 11.6 Å². The Hall–Kier alpha value is -1.63. The first-order valence-electron chi connectivity index (χ1n) is 5.55. The molecule has 0 saturated carbocycles. The van der Waals surface area contributed by atoms with Gasteiger partial charge in [0, 0.05) is 29.8 Å². The quantitative estimate of drug-likeness (QED) is 0.831. The number of halogens is 2. The predicted octanol–water partition coefficient (Wildman–Crippen LogP) is 1.62. The number of carboxylic acid groups (broad SMARTS) is 1. The highest BCUT2D eigenvalue weighted by Gasteiger charge is 2.38. The molecule has 1 fully saturated rings. The molecule has 2 unspecified atom stereocenters. The van der Waals surface area contributed by atoms with Gasteiger partial charge in [0.05, 0.1) is 0 Å². The van der Waals surface area contributed by atoms with Crippen LogP contribution in [0.5, 0.6) is 0 Å². The second kappa shape index (κ2) is 5.16. The Morgan fingerprint density at radius 2 is 2.16 bits per heavy atom. The molecule has 0 aliphatic carbocycles. The molecule has 1 heterocycles. The lowest BCUT2D eigenvalue weighted by atomic mass is 10.0. The van der Waals surface area contributed by atoms with Crippen molar-refractivity contribution in [3.8, 4) is 0 Å². The summed E-state index contributed by atoms with van der Waals surface area (Å²) in [5.74, 6) is -3.55. The molecule has 1 aromatic carbocycles. The fourth-order valence-electron chi connectivity index (χ4n) is 2.12. The summed E-state index contributed by atoms with van der Waals surface area (Å²) in [6, 6.07) is 1.16. The van der Waals surface area contributed by atoms with Crippen molar-refractivity contribution in [2.45, 2.75) is 17.7 Å². The van der Waals surface area contributed by atoms with Crippen molar-refractivity contribution in [2.75, 3.05) is 6.54 Å². The van der Waals surface area contributed by atoms with Gasteiger partial charge < -0.3 is 10.0 Å². The van der Waals surface area contributed by atoms with E-state index in [1.54, 1.807) is 0 Å². The molecule has 4 nitrogen and oxygen atoms in total. The van der Waals surface area contributed by atoms with E-state index < -0.39 is 29.6 Å². The minimum atomic E-state index is -1.45. The van der Waals surface area contributed by atoms with Crippen LogP contribution in [-0.4, -0.2) is 33.7 Å². The molecule has 7 heteroatoms. The fourth-order valence-corrected chi connectivity index (χ4v) is 2.45. The van der Waals surface area contributed by atoms with E-state index in [1.165, 1.54) is 0 Å². The van der Waals surface area contributed by atoms with Crippen molar-refractivity contribution in [1.29, 1.82) is 0 Å². The zero-order valence-electron chi connectivity index (χ0n) is 9.72. The van der Waals surface area contributed by atoms with Crippen LogP contribution in [0.1, 0.15) is 18.0 Å². The number of hydrogen-bond donors (Lipinski definition) is 2. The molecule has 1 aliphatic rings. The van der Waals surface area contributed by atoms with Gasteiger partial charge in [0.1, 0.15) is 11.6 Å². The number of likely N-dealkylation sites (tertiary alicyclic amines) is 1. The van der Waals surface area contributed by atoms with Gasteiger partial charge in [-0.05, 0) is 6.07 Å². The molecule has 0 radical (unpaired) electrons. The molecule has 1 amide bonds. The molecule has 1 aromatic rings. The van der Waals surface area contributed by atoms with Gasteiger partial charge in [0.2, 0.25) is 5.91 Å². The Bertz CT molecular complexity index is 538. The van der Waals surface area contributed by atoms with Crippen LogP contribution in [0.2, 0.25) is 0 Å². The summed E-state index contributed by atoms with van der Waals surface area (Å²) in [6.45, 7) is 0.121. The van der Waals surface area contributed by atoms with Crippen molar-refractivity contribution in [2.24, 2.45) is 0 Å². The Morgan fingerprint density at radius 1 is 1.47 bits per heavy atom. The molecule has 1 aliphatic heterocycles. The van der Waals surface area contributed by atoms with E-state index in [2.05, 4.69) is 12.6 Å². The molecule has 1 N–H and O–H groups in total. The van der Waals surface area contributed by atoms with Gasteiger partial charge in [0.15, 0.2) is 6.04 Å². The van der Waals surface area contributed by atoms with Crippen LogP contribution in [0.3, 0.4) is 0 Å². The van der Waals surface area contributed by atoms with Crippen molar-refractivity contribution < 1.29 is 23.5 Å². The summed E-state index contributed by atoms with van der Waals surface area (Å²) in [4.78, 5) is 24.0. The second-order valence-electron chi connectivity index (χ2n) is 4.31. The SMILES string of the molecule is O=C(O)C(c1ccc(F)cc1F)N1CC(S)CC1=O. The van der Waals surface area contributed by atoms with E-state index in [0.717, 1.165) is 17.0 Å². The summed E-state index contributed by atoms with van der Waals surface area (Å²) in [7, 11) is 0. The number of rotatable bonds is 3. The van der Waals surface area contributed by atoms with Gasteiger partial charge in [-0.15, -0.1) is 0 Å². The predicted molar refractivity (Wildman–Crippen MR) is 65.8 cm³/mol. The fraction of sp³-hybridized carbons (Fsp3) is 0.333. The first-order chi connectivity index (χ1) is 8.90. The van der Waals surface area contributed by atoms with Crippen LogP contribution >= 0.6 is 12.6 Å². The number of nitrogens with zero attached hydrogens (tertiary/aromatic N) is 1. The number of carbonyl (C=O) groups is 2. The molecule has 0 spiro atoms. The largest absolute Gasteiger partial charge is 0.479 e. The smallest absolute Gasteiger partial charge is 0.331 e. The number of aliphatic carboxylic acids is 1. The Labute approximate surface area is 113 Å². The van der Waals surface area contributed by atoms with Gasteiger partial charge in [-0.2, -0.15) is 12.6 Å². The van der Waals surface area contributed by atoms with Crippen molar-refractivity contribution in [1.82, 2.24) is 4.90 Å². The third-order valence-corrected chi connectivity index (χ3v) is 3.29. The highest BCUT2D eigenvalue weighted by molar-refractivity contribution is 7.81. The van der Waals surface area contributed by atoms with E-state index >= 15 is 0 Å². The third kappa shape index (κ3) is 2.70. The summed E-state index contributed by atoms with van der Waals surface area (Å²) in [5, 5.41) is 8.93. The number of amides is 1. The third-order valence-electron chi connectivity index (χ3n) is 2.94. The minimum Gasteiger partial charge on any atom is -0.479 e. The Balaban J connectivity index is 2.41. The van der Waals surface area contributed by atoms with Gasteiger partial charge in [0.25, 0.3) is 0 Å². The molecular formula is C12H11F2NO3S. The Morgan fingerprint density at radius 3 is 2.63 bits per heavy atom. The Kier molecular flexibility index (Phi) is 3.75. The van der Waals surface area contributed by atoms with Crippen LogP contribution in [0.15, 0.2) is 18.2 Å². The maximum absolute atomic E-state index is 13.7. The van der Waals surface area contributed by atoms with Crippen LogP contribution < -0.4 is 0 Å². The van der Waals surface area contributed by atoms with Gasteiger partial charge in [-0.1, -0.05) is 6.07 Å². The minimum absolute atomic E-state index is 0.107. The number of carboxylic acids is 1. The maximum atomic E-state index is 13.7. The van der Waals surface area contributed by atoms with Crippen LogP contribution in [-0.2, 0) is 9.59 Å². The molecule has 19 heavy (non-hydrogen) atoms. The molecule has 2 rings (SSSR count). The highest BCUT2D eigenvalue weighted by atomic mass is 32.1. The van der Waals surface area contributed by atoms with E-state index in [9.17, 15) is 23.5 Å². The van der Waals surface area contributed by atoms with E-state index in [4.69, 9.17) is 0 Å². The lowest BCUT2D eigenvalue weighted by molar-refractivity contribution is -0.148. The number of thiol groups is 1. The zero-order valence-corrected chi connectivity index (χ0v) is 10.6. The summed E-state index contributed by atoms with van der Waals surface area (Å²) < 4.78 is 26.5. The maximum Gasteiger partial charge on any atom is 0.331 e. The number of carbonyl (C=O) groups excluding carboxylic acids is 1. The van der Waals surface area contributed by atoms with Gasteiger partial charge in [-0.3, -0.25) is 4.79 Å². The average Bonchev–Trinajstić information content (AvgIpc) is 2.61. The van der Waals surface area contributed by atoms with Gasteiger partial charge >= 0.3 is 5.97 Å². The lowest BCUT2D eigenvalue weighted by Gasteiger charge is -2.25. The van der Waals surface area contributed by atoms with E-state index in [0.29, 0.717) is 6.07 Å². The number of benzene rings is 1. The van der Waals surface area contributed by atoms with Crippen molar-refractivity contribution in [3.05, 3.63) is 35.4 Å². The lowest BCUT2D eigenvalue weighted by Crippen LogP contribution is -2.36.